The van der Waals surface area contributed by atoms with Gasteiger partial charge in [0.1, 0.15) is 6.04 Å². The Morgan fingerprint density at radius 2 is 1.80 bits per heavy atom. The Kier molecular flexibility index (Phi) is 9.73. The van der Waals surface area contributed by atoms with Gasteiger partial charge in [0.25, 0.3) is 0 Å². The van der Waals surface area contributed by atoms with E-state index in [9.17, 15) is 9.59 Å². The Morgan fingerprint density at radius 3 is 2.43 bits per heavy atom. The lowest BCUT2D eigenvalue weighted by Crippen LogP contribution is -2.50. The van der Waals surface area contributed by atoms with E-state index in [0.717, 1.165) is 17.7 Å². The number of thioether (sulfide) groups is 1. The summed E-state index contributed by atoms with van der Waals surface area (Å²) in [5, 5.41) is 3.60. The molecule has 0 fully saturated rings. The molecule has 4 nitrogen and oxygen atoms in total. The van der Waals surface area contributed by atoms with Crippen molar-refractivity contribution in [2.45, 2.75) is 58.5 Å². The third-order valence-corrected chi connectivity index (χ3v) is 6.25. The van der Waals surface area contributed by atoms with E-state index in [0.29, 0.717) is 17.3 Å². The van der Waals surface area contributed by atoms with Crippen molar-refractivity contribution >= 4 is 35.2 Å². The van der Waals surface area contributed by atoms with E-state index >= 15 is 0 Å². The number of nitrogens with one attached hydrogen (secondary N) is 1. The molecule has 6 heteroatoms. The molecule has 0 saturated heterocycles. The lowest BCUT2D eigenvalue weighted by atomic mass is 10.1. The molecule has 0 unspecified atom stereocenters. The number of nitrogens with zero attached hydrogens (tertiary/aromatic N) is 1. The molecule has 0 heterocycles. The first-order valence-electron chi connectivity index (χ1n) is 10.3. The van der Waals surface area contributed by atoms with Crippen molar-refractivity contribution in [3.8, 4) is 0 Å². The maximum atomic E-state index is 13.1. The number of rotatable bonds is 10. The first-order valence-corrected chi connectivity index (χ1v) is 11.8. The predicted molar refractivity (Wildman–Crippen MR) is 127 cm³/mol. The monoisotopic (exact) mass is 446 g/mol. The van der Waals surface area contributed by atoms with Crippen LogP contribution in [0, 0.1) is 6.92 Å². The van der Waals surface area contributed by atoms with E-state index in [1.165, 1.54) is 11.1 Å². The Morgan fingerprint density at radius 1 is 1.10 bits per heavy atom. The second-order valence-electron chi connectivity index (χ2n) is 7.62. The number of aryl methyl sites for hydroxylation is 1. The van der Waals surface area contributed by atoms with E-state index in [2.05, 4.69) is 36.5 Å². The molecule has 2 amide bonds. The highest BCUT2D eigenvalue weighted by Crippen LogP contribution is 2.18. The molecule has 0 aliphatic rings. The molecule has 0 aliphatic heterocycles. The van der Waals surface area contributed by atoms with Crippen LogP contribution in [0.3, 0.4) is 0 Å². The largest absolute Gasteiger partial charge is 0.352 e. The van der Waals surface area contributed by atoms with Crippen LogP contribution in [-0.4, -0.2) is 34.6 Å². The van der Waals surface area contributed by atoms with E-state index in [-0.39, 0.29) is 17.9 Å². The van der Waals surface area contributed by atoms with Crippen LogP contribution in [0.1, 0.15) is 43.9 Å². The van der Waals surface area contributed by atoms with Gasteiger partial charge >= 0.3 is 0 Å². The lowest BCUT2D eigenvalue weighted by molar-refractivity contribution is -0.138. The van der Waals surface area contributed by atoms with E-state index in [1.807, 2.05) is 32.0 Å². The van der Waals surface area contributed by atoms with Crippen LogP contribution in [-0.2, 0) is 21.9 Å². The van der Waals surface area contributed by atoms with Gasteiger partial charge in [0.05, 0.1) is 5.75 Å². The van der Waals surface area contributed by atoms with Crippen molar-refractivity contribution in [2.75, 3.05) is 5.75 Å². The maximum absolute atomic E-state index is 13.1. The summed E-state index contributed by atoms with van der Waals surface area (Å²) in [5.41, 5.74) is 3.30. The summed E-state index contributed by atoms with van der Waals surface area (Å²) in [6.07, 6.45) is 0.840. The minimum atomic E-state index is -0.564. The van der Waals surface area contributed by atoms with Crippen molar-refractivity contribution in [2.24, 2.45) is 0 Å². The van der Waals surface area contributed by atoms with Crippen molar-refractivity contribution in [1.29, 1.82) is 0 Å². The molecular formula is C24H31ClN2O2S. The molecule has 0 saturated carbocycles. The van der Waals surface area contributed by atoms with Gasteiger partial charge in [-0.3, -0.25) is 9.59 Å². The number of hydrogen-bond acceptors (Lipinski definition) is 3. The standard InChI is InChI=1S/C24H31ClN2O2S/c1-5-18(3)26-24(29)19(4)27(14-21-7-6-8-22(25)13-21)23(28)16-30-15-20-11-9-17(2)10-12-20/h6-13,18-19H,5,14-16H2,1-4H3,(H,26,29)/t18-,19+/m1/s1. The molecule has 2 aromatic carbocycles. The Balaban J connectivity index is 2.07. The van der Waals surface area contributed by atoms with Crippen LogP contribution in [0.5, 0.6) is 0 Å². The Hall–Kier alpha value is -1.98. The highest BCUT2D eigenvalue weighted by molar-refractivity contribution is 7.99. The van der Waals surface area contributed by atoms with Crippen LogP contribution in [0.15, 0.2) is 48.5 Å². The molecule has 2 aromatic rings. The molecule has 0 radical (unpaired) electrons. The topological polar surface area (TPSA) is 49.4 Å². The quantitative estimate of drug-likeness (QED) is 0.544. The zero-order valence-electron chi connectivity index (χ0n) is 18.2. The minimum Gasteiger partial charge on any atom is -0.352 e. The molecule has 1 N–H and O–H groups in total. The summed E-state index contributed by atoms with van der Waals surface area (Å²) >= 11 is 7.67. The second-order valence-corrected chi connectivity index (χ2v) is 9.05. The second kappa shape index (κ2) is 12.0. The van der Waals surface area contributed by atoms with Gasteiger partial charge in [-0.05, 0) is 50.5 Å². The normalized spacial score (nSPS) is 12.8. The summed E-state index contributed by atoms with van der Waals surface area (Å²) in [4.78, 5) is 27.4. The van der Waals surface area contributed by atoms with E-state index in [1.54, 1.807) is 29.7 Å². The fraction of sp³-hybridized carbons (Fsp3) is 0.417. The molecule has 0 spiro atoms. The maximum Gasteiger partial charge on any atom is 0.242 e. The van der Waals surface area contributed by atoms with Crippen LogP contribution < -0.4 is 5.32 Å². The average molecular weight is 447 g/mol. The minimum absolute atomic E-state index is 0.0566. The molecular weight excluding hydrogens is 416 g/mol. The molecule has 0 aliphatic carbocycles. The lowest BCUT2D eigenvalue weighted by Gasteiger charge is -2.29. The van der Waals surface area contributed by atoms with Gasteiger partial charge in [0, 0.05) is 23.4 Å². The first kappa shape index (κ1) is 24.3. The van der Waals surface area contributed by atoms with E-state index < -0.39 is 6.04 Å². The van der Waals surface area contributed by atoms with Gasteiger partial charge in [-0.2, -0.15) is 0 Å². The van der Waals surface area contributed by atoms with Gasteiger partial charge in [-0.15, -0.1) is 11.8 Å². The fourth-order valence-corrected chi connectivity index (χ4v) is 3.99. The molecule has 0 aromatic heterocycles. The highest BCUT2D eigenvalue weighted by atomic mass is 35.5. The highest BCUT2D eigenvalue weighted by Gasteiger charge is 2.26. The van der Waals surface area contributed by atoms with Gasteiger partial charge in [0.15, 0.2) is 0 Å². The number of amides is 2. The van der Waals surface area contributed by atoms with Crippen LogP contribution in [0.4, 0.5) is 0 Å². The number of carbonyl (C=O) groups excluding carboxylic acids is 2. The molecule has 2 atom stereocenters. The third-order valence-electron chi connectivity index (χ3n) is 5.03. The molecule has 162 valence electrons. The van der Waals surface area contributed by atoms with Crippen LogP contribution >= 0.6 is 23.4 Å². The predicted octanol–water partition coefficient (Wildman–Crippen LogP) is 5.21. The van der Waals surface area contributed by atoms with Gasteiger partial charge in [-0.1, -0.05) is 60.5 Å². The molecule has 0 bridgehead atoms. The van der Waals surface area contributed by atoms with Gasteiger partial charge < -0.3 is 10.2 Å². The van der Waals surface area contributed by atoms with Gasteiger partial charge in [-0.25, -0.2) is 0 Å². The summed E-state index contributed by atoms with van der Waals surface area (Å²) in [7, 11) is 0. The zero-order chi connectivity index (χ0) is 22.1. The Bertz CT molecular complexity index is 841. The summed E-state index contributed by atoms with van der Waals surface area (Å²) in [5.74, 6) is 0.877. The van der Waals surface area contributed by atoms with Crippen molar-refractivity contribution < 1.29 is 9.59 Å². The fourth-order valence-electron chi connectivity index (χ4n) is 2.90. The first-order chi connectivity index (χ1) is 14.3. The number of hydrogen-bond donors (Lipinski definition) is 1. The van der Waals surface area contributed by atoms with Crippen molar-refractivity contribution in [3.63, 3.8) is 0 Å². The van der Waals surface area contributed by atoms with Crippen LogP contribution in [0.25, 0.3) is 0 Å². The average Bonchev–Trinajstić information content (AvgIpc) is 2.72. The van der Waals surface area contributed by atoms with E-state index in [4.69, 9.17) is 11.6 Å². The van der Waals surface area contributed by atoms with Gasteiger partial charge in [0.2, 0.25) is 11.8 Å². The smallest absolute Gasteiger partial charge is 0.242 e. The number of benzene rings is 2. The van der Waals surface area contributed by atoms with Crippen molar-refractivity contribution in [3.05, 3.63) is 70.2 Å². The third kappa shape index (κ3) is 7.69. The van der Waals surface area contributed by atoms with Crippen LogP contribution in [0.2, 0.25) is 5.02 Å². The Labute approximate surface area is 189 Å². The summed E-state index contributed by atoms with van der Waals surface area (Å²) in [6.45, 7) is 8.17. The molecule has 2 rings (SSSR count). The number of carbonyl (C=O) groups is 2. The summed E-state index contributed by atoms with van der Waals surface area (Å²) in [6, 6.07) is 15.2. The SMILES string of the molecule is CC[C@@H](C)NC(=O)[C@H](C)N(Cc1cccc(Cl)c1)C(=O)CSCc1ccc(C)cc1. The number of halogens is 1. The molecule has 30 heavy (non-hydrogen) atoms. The zero-order valence-corrected chi connectivity index (χ0v) is 19.7. The summed E-state index contributed by atoms with van der Waals surface area (Å²) < 4.78 is 0. The van der Waals surface area contributed by atoms with Crippen molar-refractivity contribution in [1.82, 2.24) is 10.2 Å².